The molecular formula is C20H23NO4S. The highest BCUT2D eigenvalue weighted by Crippen LogP contribution is 2.40. The maximum absolute atomic E-state index is 12.0. The Hall–Kier alpha value is -2.18. The van der Waals surface area contributed by atoms with Crippen molar-refractivity contribution >= 4 is 15.8 Å². The monoisotopic (exact) mass is 373 g/mol. The highest BCUT2D eigenvalue weighted by molar-refractivity contribution is 7.92. The van der Waals surface area contributed by atoms with Crippen LogP contribution in [0.3, 0.4) is 0 Å². The molecule has 2 aromatic rings. The van der Waals surface area contributed by atoms with Gasteiger partial charge in [0.25, 0.3) is 0 Å². The maximum Gasteiger partial charge on any atom is 0.322 e. The van der Waals surface area contributed by atoms with Gasteiger partial charge in [-0.15, -0.1) is 0 Å². The lowest BCUT2D eigenvalue weighted by atomic mass is 9.82. The molecule has 26 heavy (non-hydrogen) atoms. The highest BCUT2D eigenvalue weighted by atomic mass is 32.2. The molecule has 1 heterocycles. The number of hydrogen-bond acceptors (Lipinski definition) is 4. The van der Waals surface area contributed by atoms with Crippen LogP contribution in [0, 0.1) is 5.92 Å². The Labute approximate surface area is 154 Å². The van der Waals surface area contributed by atoms with Crippen LogP contribution in [0.5, 0.6) is 0 Å². The molecule has 0 unspecified atom stereocenters. The Morgan fingerprint density at radius 2 is 1.50 bits per heavy atom. The third-order valence-electron chi connectivity index (χ3n) is 5.22. The molecule has 1 fully saturated rings. The van der Waals surface area contributed by atoms with Gasteiger partial charge in [-0.1, -0.05) is 60.7 Å². The fourth-order valence-corrected chi connectivity index (χ4v) is 5.20. The van der Waals surface area contributed by atoms with E-state index in [1.165, 1.54) is 0 Å². The van der Waals surface area contributed by atoms with Gasteiger partial charge in [-0.05, 0) is 18.1 Å². The average molecular weight is 373 g/mol. The first-order valence-electron chi connectivity index (χ1n) is 8.58. The predicted molar refractivity (Wildman–Crippen MR) is 101 cm³/mol. The van der Waals surface area contributed by atoms with Crippen molar-refractivity contribution in [3.05, 3.63) is 71.8 Å². The second kappa shape index (κ2) is 7.21. The molecule has 1 N–H and O–H groups in total. The van der Waals surface area contributed by atoms with Crippen molar-refractivity contribution < 1.29 is 18.3 Å². The molecule has 0 aliphatic carbocycles. The minimum atomic E-state index is -3.66. The molecule has 1 aliphatic heterocycles. The Bertz CT molecular complexity index is 828. The van der Waals surface area contributed by atoms with Crippen LogP contribution in [-0.2, 0) is 14.6 Å². The summed E-state index contributed by atoms with van der Waals surface area (Å²) in [5, 5.41) is 8.06. The first kappa shape index (κ1) is 18.6. The lowest BCUT2D eigenvalue weighted by Crippen LogP contribution is -2.62. The molecule has 0 amide bonds. The molecule has 6 heteroatoms. The van der Waals surface area contributed by atoms with Crippen LogP contribution in [0.2, 0.25) is 0 Å². The number of nitrogens with zero attached hydrogens (tertiary/aromatic N) is 1. The van der Waals surface area contributed by atoms with E-state index in [1.54, 1.807) is 0 Å². The summed E-state index contributed by atoms with van der Waals surface area (Å²) in [5.41, 5.74) is 2.21. The van der Waals surface area contributed by atoms with E-state index in [0.717, 1.165) is 17.4 Å². The van der Waals surface area contributed by atoms with Crippen molar-refractivity contribution in [3.8, 4) is 0 Å². The third-order valence-corrected chi connectivity index (χ3v) is 6.69. The summed E-state index contributed by atoms with van der Waals surface area (Å²) in [6.45, 7) is 2.34. The van der Waals surface area contributed by atoms with Crippen LogP contribution in [0.4, 0.5) is 0 Å². The zero-order valence-corrected chi connectivity index (χ0v) is 15.6. The van der Waals surface area contributed by atoms with Crippen LogP contribution < -0.4 is 0 Å². The summed E-state index contributed by atoms with van der Waals surface area (Å²) in [4.78, 5) is 13.7. The summed E-state index contributed by atoms with van der Waals surface area (Å²) < 4.78 is 23.9. The smallest absolute Gasteiger partial charge is 0.322 e. The number of aliphatic carboxylic acids is 1. The number of carbonyl (C=O) groups is 1. The Kier molecular flexibility index (Phi) is 5.16. The van der Waals surface area contributed by atoms with Gasteiger partial charge in [0.15, 0.2) is 15.1 Å². The van der Waals surface area contributed by atoms with Crippen molar-refractivity contribution in [2.75, 3.05) is 12.8 Å². The van der Waals surface area contributed by atoms with E-state index in [2.05, 4.69) is 4.90 Å². The van der Waals surface area contributed by atoms with Crippen LogP contribution in [0.1, 0.15) is 24.1 Å². The van der Waals surface area contributed by atoms with Gasteiger partial charge >= 0.3 is 5.97 Å². The molecule has 1 saturated heterocycles. The number of benzene rings is 2. The van der Waals surface area contributed by atoms with Crippen molar-refractivity contribution in [2.24, 2.45) is 5.92 Å². The molecular weight excluding hydrogens is 350 g/mol. The zero-order valence-electron chi connectivity index (χ0n) is 14.8. The number of likely N-dealkylation sites (tertiary alicyclic amines) is 1. The molecule has 0 aromatic heterocycles. The third kappa shape index (κ3) is 3.52. The fraction of sp³-hybridized carbons (Fsp3) is 0.350. The van der Waals surface area contributed by atoms with Crippen molar-refractivity contribution in [1.82, 2.24) is 4.90 Å². The molecule has 0 saturated carbocycles. The van der Waals surface area contributed by atoms with E-state index in [0.29, 0.717) is 6.54 Å². The van der Waals surface area contributed by atoms with E-state index in [1.807, 2.05) is 67.6 Å². The molecule has 0 bridgehead atoms. The summed E-state index contributed by atoms with van der Waals surface area (Å²) in [5.74, 6) is -1.68. The summed E-state index contributed by atoms with van der Waals surface area (Å²) >= 11 is 0. The number of rotatable bonds is 6. The number of hydrogen-bond donors (Lipinski definition) is 1. The van der Waals surface area contributed by atoms with E-state index in [9.17, 15) is 18.3 Å². The van der Waals surface area contributed by atoms with E-state index >= 15 is 0 Å². The summed E-state index contributed by atoms with van der Waals surface area (Å²) in [6.07, 6.45) is 1.01. The number of carboxylic acids is 1. The Morgan fingerprint density at radius 3 is 1.85 bits per heavy atom. The zero-order chi connectivity index (χ0) is 18.9. The summed E-state index contributed by atoms with van der Waals surface area (Å²) in [6, 6.07) is 19.8. The van der Waals surface area contributed by atoms with Crippen LogP contribution >= 0.6 is 0 Å². The normalized spacial score (nSPS) is 22.0. The average Bonchev–Trinajstić information content (AvgIpc) is 2.60. The van der Waals surface area contributed by atoms with Gasteiger partial charge in [0, 0.05) is 24.8 Å². The first-order chi connectivity index (χ1) is 12.3. The lowest BCUT2D eigenvalue weighted by molar-refractivity contribution is -0.140. The minimum Gasteiger partial charge on any atom is -0.480 e. The molecule has 3 rings (SSSR count). The molecule has 0 radical (unpaired) electrons. The minimum absolute atomic E-state index is 0.0299. The van der Waals surface area contributed by atoms with Gasteiger partial charge in [-0.2, -0.15) is 0 Å². The Balaban J connectivity index is 1.92. The Morgan fingerprint density at radius 1 is 1.04 bits per heavy atom. The van der Waals surface area contributed by atoms with E-state index in [-0.39, 0.29) is 12.1 Å². The van der Waals surface area contributed by atoms with Gasteiger partial charge in [0.05, 0.1) is 6.04 Å². The summed E-state index contributed by atoms with van der Waals surface area (Å²) in [7, 11) is -3.66. The molecule has 0 spiro atoms. The topological polar surface area (TPSA) is 74.7 Å². The van der Waals surface area contributed by atoms with Gasteiger partial charge in [-0.3, -0.25) is 9.69 Å². The van der Waals surface area contributed by atoms with Crippen molar-refractivity contribution in [2.45, 2.75) is 24.3 Å². The fourth-order valence-electron chi connectivity index (χ4n) is 3.89. The molecule has 3 atom stereocenters. The second-order valence-corrected chi connectivity index (χ2v) is 9.08. The van der Waals surface area contributed by atoms with Gasteiger partial charge < -0.3 is 5.11 Å². The second-order valence-electron chi connectivity index (χ2n) is 6.91. The number of sulfone groups is 1. The SMILES string of the molecule is C[C@@H]1[C@@H]([C@@H](C(=O)O)S(C)(=O)=O)CN1C(c1ccccc1)c1ccccc1. The lowest BCUT2D eigenvalue weighted by Gasteiger charge is -2.52. The van der Waals surface area contributed by atoms with Gasteiger partial charge in [-0.25, -0.2) is 8.42 Å². The number of carboxylic acid groups (broad SMARTS) is 1. The molecule has 5 nitrogen and oxygen atoms in total. The van der Waals surface area contributed by atoms with Crippen molar-refractivity contribution in [3.63, 3.8) is 0 Å². The molecule has 2 aromatic carbocycles. The highest BCUT2D eigenvalue weighted by Gasteiger charge is 2.50. The van der Waals surface area contributed by atoms with Crippen LogP contribution in [0.15, 0.2) is 60.7 Å². The molecule has 138 valence electrons. The van der Waals surface area contributed by atoms with E-state index in [4.69, 9.17) is 0 Å². The maximum atomic E-state index is 12.0. The predicted octanol–water partition coefficient (Wildman–Crippen LogP) is 2.59. The van der Waals surface area contributed by atoms with Gasteiger partial charge in [0.1, 0.15) is 0 Å². The van der Waals surface area contributed by atoms with Crippen LogP contribution in [0.25, 0.3) is 0 Å². The first-order valence-corrected chi connectivity index (χ1v) is 10.5. The van der Waals surface area contributed by atoms with Gasteiger partial charge in [0.2, 0.25) is 0 Å². The van der Waals surface area contributed by atoms with Crippen molar-refractivity contribution in [1.29, 1.82) is 0 Å². The largest absolute Gasteiger partial charge is 0.480 e. The van der Waals surface area contributed by atoms with E-state index < -0.39 is 27.0 Å². The molecule has 1 aliphatic rings. The van der Waals surface area contributed by atoms with Crippen LogP contribution in [-0.4, -0.2) is 48.5 Å². The standard InChI is InChI=1S/C20H23NO4S/c1-14-17(19(20(22)23)26(2,24)25)13-21(14)18(15-9-5-3-6-10-15)16-11-7-4-8-12-16/h3-12,14,17-19H,13H2,1-2H3,(H,22,23)/t14-,17+,19+/m1/s1. The quantitative estimate of drug-likeness (QED) is 0.842.